The second-order valence-corrected chi connectivity index (χ2v) is 4.91. The summed E-state index contributed by atoms with van der Waals surface area (Å²) in [6.45, 7) is 1.85. The maximum atomic E-state index is 11.2. The summed E-state index contributed by atoms with van der Waals surface area (Å²) in [5.74, 6) is 0.000720. The molecule has 1 N–H and O–H groups in total. The zero-order valence-electron chi connectivity index (χ0n) is 8.03. The number of hydrogen-bond donors (Lipinski definition) is 1. The molecule has 1 fully saturated rings. The Morgan fingerprint density at radius 2 is 2.33 bits per heavy atom. The Kier molecular flexibility index (Phi) is 2.98. The molecule has 1 heterocycles. The van der Waals surface area contributed by atoms with Gasteiger partial charge in [0.1, 0.15) is 0 Å². The molecular weight excluding hydrogens is 232 g/mol. The monoisotopic (exact) mass is 240 g/mol. The maximum Gasteiger partial charge on any atom is 0.239 e. The van der Waals surface area contributed by atoms with Crippen LogP contribution < -0.4 is 5.32 Å². The molecule has 1 unspecified atom stereocenters. The number of carbonyl (C=O) groups is 1. The number of thioether (sulfide) groups is 1. The summed E-state index contributed by atoms with van der Waals surface area (Å²) in [7, 11) is 0. The summed E-state index contributed by atoms with van der Waals surface area (Å²) in [4.78, 5) is 15.5. The highest BCUT2D eigenvalue weighted by molar-refractivity contribution is 8.15. The van der Waals surface area contributed by atoms with Crippen molar-refractivity contribution in [2.75, 3.05) is 0 Å². The van der Waals surface area contributed by atoms with Gasteiger partial charge in [-0.2, -0.15) is 0 Å². The van der Waals surface area contributed by atoms with Crippen molar-refractivity contribution in [1.82, 2.24) is 5.32 Å². The lowest BCUT2D eigenvalue weighted by Gasteiger charge is -1.96. The number of amides is 1. The van der Waals surface area contributed by atoms with Crippen molar-refractivity contribution in [2.45, 2.75) is 12.2 Å². The van der Waals surface area contributed by atoms with E-state index in [4.69, 9.17) is 11.6 Å². The zero-order valence-corrected chi connectivity index (χ0v) is 9.60. The quantitative estimate of drug-likeness (QED) is 0.820. The van der Waals surface area contributed by atoms with Gasteiger partial charge in [0.05, 0.1) is 10.9 Å². The van der Waals surface area contributed by atoms with Crippen LogP contribution >= 0.6 is 23.4 Å². The van der Waals surface area contributed by atoms with Crippen LogP contribution in [0, 0.1) is 0 Å². The van der Waals surface area contributed by atoms with Crippen molar-refractivity contribution in [3.63, 3.8) is 0 Å². The van der Waals surface area contributed by atoms with Gasteiger partial charge < -0.3 is 5.32 Å². The van der Waals surface area contributed by atoms with Crippen molar-refractivity contribution >= 4 is 40.1 Å². The summed E-state index contributed by atoms with van der Waals surface area (Å²) in [5.41, 5.74) is 0.749. The molecule has 0 bridgehead atoms. The number of nitrogens with one attached hydrogen (secondary N) is 1. The molecule has 15 heavy (non-hydrogen) atoms. The van der Waals surface area contributed by atoms with E-state index in [1.54, 1.807) is 12.1 Å². The van der Waals surface area contributed by atoms with Gasteiger partial charge in [0.2, 0.25) is 5.91 Å². The van der Waals surface area contributed by atoms with E-state index in [0.29, 0.717) is 10.2 Å². The molecule has 0 spiro atoms. The third-order valence-electron chi connectivity index (χ3n) is 1.93. The first kappa shape index (κ1) is 10.5. The first-order chi connectivity index (χ1) is 7.15. The summed E-state index contributed by atoms with van der Waals surface area (Å²) in [6, 6.07) is 7.21. The van der Waals surface area contributed by atoms with Crippen molar-refractivity contribution < 1.29 is 4.79 Å². The number of halogens is 1. The predicted octanol–water partition coefficient (Wildman–Crippen LogP) is 2.58. The molecule has 0 saturated carbocycles. The summed E-state index contributed by atoms with van der Waals surface area (Å²) < 4.78 is 0. The summed E-state index contributed by atoms with van der Waals surface area (Å²) in [6.07, 6.45) is 0. The normalized spacial score (nSPS) is 23.2. The Morgan fingerprint density at radius 1 is 1.53 bits per heavy atom. The lowest BCUT2D eigenvalue weighted by atomic mass is 10.3. The molecule has 0 aromatic heterocycles. The van der Waals surface area contributed by atoms with Gasteiger partial charge in [-0.05, 0) is 25.1 Å². The second kappa shape index (κ2) is 4.24. The molecule has 1 aliphatic rings. The molecule has 1 amide bonds. The summed E-state index contributed by atoms with van der Waals surface area (Å²) in [5, 5.41) is 3.91. The number of rotatable bonds is 1. The third kappa shape index (κ3) is 2.52. The Balaban J connectivity index is 2.21. The van der Waals surface area contributed by atoms with Gasteiger partial charge in [0.25, 0.3) is 0 Å². The van der Waals surface area contributed by atoms with E-state index in [1.807, 2.05) is 19.1 Å². The molecule has 1 aromatic rings. The summed E-state index contributed by atoms with van der Waals surface area (Å²) >= 11 is 7.24. The van der Waals surface area contributed by atoms with Gasteiger partial charge in [0, 0.05) is 5.02 Å². The molecule has 0 radical (unpaired) electrons. The topological polar surface area (TPSA) is 41.5 Å². The van der Waals surface area contributed by atoms with Gasteiger partial charge >= 0.3 is 0 Å². The predicted molar refractivity (Wildman–Crippen MR) is 63.7 cm³/mol. The Hall–Kier alpha value is -1.00. The molecule has 3 nitrogen and oxygen atoms in total. The molecule has 1 saturated heterocycles. The average molecular weight is 241 g/mol. The fourth-order valence-corrected chi connectivity index (χ4v) is 2.18. The lowest BCUT2D eigenvalue weighted by Crippen LogP contribution is -2.23. The van der Waals surface area contributed by atoms with Gasteiger partial charge in [-0.3, -0.25) is 4.79 Å². The van der Waals surface area contributed by atoms with Crippen LogP contribution in [-0.4, -0.2) is 16.3 Å². The van der Waals surface area contributed by atoms with E-state index < -0.39 is 0 Å². The average Bonchev–Trinajstić information content (AvgIpc) is 2.45. The maximum absolute atomic E-state index is 11.2. The molecule has 2 rings (SSSR count). The Morgan fingerprint density at radius 3 is 2.93 bits per heavy atom. The van der Waals surface area contributed by atoms with Gasteiger partial charge in [-0.1, -0.05) is 29.4 Å². The number of amidine groups is 1. The molecule has 1 aliphatic heterocycles. The number of nitrogens with zero attached hydrogens (tertiary/aromatic N) is 1. The highest BCUT2D eigenvalue weighted by atomic mass is 35.5. The smallest absolute Gasteiger partial charge is 0.239 e. The van der Waals surface area contributed by atoms with Crippen molar-refractivity contribution in [3.05, 3.63) is 29.3 Å². The van der Waals surface area contributed by atoms with Crippen LogP contribution in [0.5, 0.6) is 0 Å². The standard InChI is InChI=1S/C10H9ClN2OS/c1-6-9(14)13-10(15-6)12-8-4-2-3-7(11)5-8/h2-6H,1H3,(H,12,13,14). The minimum atomic E-state index is -0.0667. The van der Waals surface area contributed by atoms with Crippen LogP contribution in [0.15, 0.2) is 29.3 Å². The van der Waals surface area contributed by atoms with E-state index in [0.717, 1.165) is 5.69 Å². The fraction of sp³-hybridized carbons (Fsp3) is 0.200. The van der Waals surface area contributed by atoms with E-state index in [-0.39, 0.29) is 11.2 Å². The van der Waals surface area contributed by atoms with Crippen molar-refractivity contribution in [1.29, 1.82) is 0 Å². The van der Waals surface area contributed by atoms with E-state index in [9.17, 15) is 4.79 Å². The van der Waals surface area contributed by atoms with Crippen LogP contribution in [0.3, 0.4) is 0 Å². The lowest BCUT2D eigenvalue weighted by molar-refractivity contribution is -0.118. The highest BCUT2D eigenvalue weighted by Crippen LogP contribution is 2.23. The van der Waals surface area contributed by atoms with Crippen molar-refractivity contribution in [3.8, 4) is 0 Å². The van der Waals surface area contributed by atoms with Crippen LogP contribution in [0.1, 0.15) is 6.92 Å². The van der Waals surface area contributed by atoms with E-state index in [1.165, 1.54) is 11.8 Å². The van der Waals surface area contributed by atoms with Gasteiger partial charge in [-0.15, -0.1) is 0 Å². The molecule has 1 atom stereocenters. The molecule has 0 aliphatic carbocycles. The third-order valence-corrected chi connectivity index (χ3v) is 3.15. The Bertz CT molecular complexity index is 433. The molecule has 5 heteroatoms. The number of hydrogen-bond acceptors (Lipinski definition) is 3. The van der Waals surface area contributed by atoms with Gasteiger partial charge in [0.15, 0.2) is 5.17 Å². The first-order valence-corrected chi connectivity index (χ1v) is 5.73. The molecule has 78 valence electrons. The van der Waals surface area contributed by atoms with Crippen LogP contribution in [0.25, 0.3) is 0 Å². The minimum Gasteiger partial charge on any atom is -0.304 e. The van der Waals surface area contributed by atoms with E-state index >= 15 is 0 Å². The largest absolute Gasteiger partial charge is 0.304 e. The van der Waals surface area contributed by atoms with Gasteiger partial charge in [-0.25, -0.2) is 4.99 Å². The second-order valence-electron chi connectivity index (χ2n) is 3.15. The first-order valence-electron chi connectivity index (χ1n) is 4.47. The highest BCUT2D eigenvalue weighted by Gasteiger charge is 2.25. The minimum absolute atomic E-state index is 0.000720. The SMILES string of the molecule is CC1SC(=Nc2cccc(Cl)c2)NC1=O. The number of carbonyl (C=O) groups excluding carboxylic acids is 1. The van der Waals surface area contributed by atoms with Crippen LogP contribution in [0.4, 0.5) is 5.69 Å². The fourth-order valence-electron chi connectivity index (χ4n) is 1.17. The van der Waals surface area contributed by atoms with Crippen LogP contribution in [0.2, 0.25) is 5.02 Å². The number of aliphatic imine (C=N–C) groups is 1. The molecule has 1 aromatic carbocycles. The number of benzene rings is 1. The van der Waals surface area contributed by atoms with Crippen LogP contribution in [-0.2, 0) is 4.79 Å². The van der Waals surface area contributed by atoms with Crippen molar-refractivity contribution in [2.24, 2.45) is 4.99 Å². The molecular formula is C10H9ClN2OS. The Labute approximate surface area is 96.9 Å². The zero-order chi connectivity index (χ0) is 10.8. The van der Waals surface area contributed by atoms with E-state index in [2.05, 4.69) is 10.3 Å².